The van der Waals surface area contributed by atoms with E-state index in [0.29, 0.717) is 11.6 Å². The van der Waals surface area contributed by atoms with Crippen LogP contribution < -0.4 is 5.76 Å². The van der Waals surface area contributed by atoms with Gasteiger partial charge >= 0.3 is 11.7 Å². The standard InChI is InChI=1S/C15H12N2O5/c1-20-14(18)12-8-7-11(21-12)9-17-13(16-22-15(17)19)10-5-3-2-4-6-10/h2-8H,9H2,1H3. The molecule has 22 heavy (non-hydrogen) atoms. The third kappa shape index (κ3) is 2.56. The fourth-order valence-corrected chi connectivity index (χ4v) is 2.03. The lowest BCUT2D eigenvalue weighted by atomic mass is 10.2. The number of benzene rings is 1. The number of furan rings is 1. The summed E-state index contributed by atoms with van der Waals surface area (Å²) in [6, 6.07) is 12.2. The van der Waals surface area contributed by atoms with Crippen LogP contribution in [-0.2, 0) is 11.3 Å². The Bertz CT molecular complexity index is 844. The summed E-state index contributed by atoms with van der Waals surface area (Å²) in [6.45, 7) is 0.101. The maximum absolute atomic E-state index is 11.8. The summed E-state index contributed by atoms with van der Waals surface area (Å²) < 4.78 is 16.0. The van der Waals surface area contributed by atoms with Gasteiger partial charge in [-0.3, -0.25) is 4.52 Å². The number of esters is 1. The monoisotopic (exact) mass is 300 g/mol. The molecule has 2 aromatic heterocycles. The molecule has 0 radical (unpaired) electrons. The summed E-state index contributed by atoms with van der Waals surface area (Å²) >= 11 is 0. The van der Waals surface area contributed by atoms with E-state index in [9.17, 15) is 9.59 Å². The van der Waals surface area contributed by atoms with Crippen LogP contribution in [0.5, 0.6) is 0 Å². The number of hydrogen-bond donors (Lipinski definition) is 0. The van der Waals surface area contributed by atoms with Gasteiger partial charge in [-0.1, -0.05) is 35.5 Å². The van der Waals surface area contributed by atoms with Gasteiger partial charge in [-0.15, -0.1) is 0 Å². The fourth-order valence-electron chi connectivity index (χ4n) is 2.03. The van der Waals surface area contributed by atoms with Crippen LogP contribution in [0.2, 0.25) is 0 Å². The molecule has 2 heterocycles. The fraction of sp³-hybridized carbons (Fsp3) is 0.133. The largest absolute Gasteiger partial charge is 0.463 e. The van der Waals surface area contributed by atoms with Gasteiger partial charge in [0.15, 0.2) is 5.82 Å². The van der Waals surface area contributed by atoms with E-state index in [1.165, 1.54) is 17.7 Å². The highest BCUT2D eigenvalue weighted by Gasteiger charge is 2.16. The Labute approximate surface area is 124 Å². The van der Waals surface area contributed by atoms with Crippen LogP contribution in [-0.4, -0.2) is 22.8 Å². The van der Waals surface area contributed by atoms with Crippen molar-refractivity contribution in [1.29, 1.82) is 0 Å². The maximum atomic E-state index is 11.8. The van der Waals surface area contributed by atoms with Gasteiger partial charge in [0.25, 0.3) is 0 Å². The number of carbonyl (C=O) groups is 1. The number of ether oxygens (including phenoxy) is 1. The van der Waals surface area contributed by atoms with Crippen LogP contribution >= 0.6 is 0 Å². The molecule has 112 valence electrons. The van der Waals surface area contributed by atoms with Crippen molar-refractivity contribution in [2.75, 3.05) is 7.11 Å². The van der Waals surface area contributed by atoms with E-state index >= 15 is 0 Å². The summed E-state index contributed by atoms with van der Waals surface area (Å²) in [5, 5.41) is 3.78. The first kappa shape index (κ1) is 13.9. The van der Waals surface area contributed by atoms with Crippen molar-refractivity contribution in [3.8, 4) is 11.4 Å². The van der Waals surface area contributed by atoms with Crippen LogP contribution in [0.4, 0.5) is 0 Å². The molecule has 0 bridgehead atoms. The van der Waals surface area contributed by atoms with Crippen LogP contribution in [0.1, 0.15) is 16.3 Å². The molecular weight excluding hydrogens is 288 g/mol. The molecule has 0 unspecified atom stereocenters. The summed E-state index contributed by atoms with van der Waals surface area (Å²) in [7, 11) is 1.27. The summed E-state index contributed by atoms with van der Waals surface area (Å²) in [4.78, 5) is 23.2. The topological polar surface area (TPSA) is 87.5 Å². The molecule has 3 aromatic rings. The average Bonchev–Trinajstić information content (AvgIpc) is 3.16. The highest BCUT2D eigenvalue weighted by atomic mass is 16.5. The second kappa shape index (κ2) is 5.72. The number of carbonyl (C=O) groups excluding carboxylic acids is 1. The Morgan fingerprint density at radius 2 is 2.00 bits per heavy atom. The molecular formula is C15H12N2O5. The quantitative estimate of drug-likeness (QED) is 0.684. The third-order valence-electron chi connectivity index (χ3n) is 3.08. The van der Waals surface area contributed by atoms with E-state index in [4.69, 9.17) is 8.94 Å². The molecule has 0 spiro atoms. The average molecular weight is 300 g/mol. The lowest BCUT2D eigenvalue weighted by Crippen LogP contribution is -2.16. The summed E-state index contributed by atoms with van der Waals surface area (Å²) in [5.41, 5.74) is 0.744. The Morgan fingerprint density at radius 1 is 1.23 bits per heavy atom. The van der Waals surface area contributed by atoms with Crippen molar-refractivity contribution >= 4 is 5.97 Å². The van der Waals surface area contributed by atoms with E-state index in [0.717, 1.165) is 5.56 Å². The number of methoxy groups -OCH3 is 1. The van der Waals surface area contributed by atoms with Gasteiger partial charge in [-0.2, -0.15) is 0 Å². The highest BCUT2D eigenvalue weighted by Crippen LogP contribution is 2.17. The van der Waals surface area contributed by atoms with Gasteiger partial charge in [-0.05, 0) is 12.1 Å². The Kier molecular flexibility index (Phi) is 3.61. The predicted molar refractivity (Wildman–Crippen MR) is 75.3 cm³/mol. The van der Waals surface area contributed by atoms with E-state index in [-0.39, 0.29) is 12.3 Å². The van der Waals surface area contributed by atoms with Gasteiger partial charge < -0.3 is 9.15 Å². The molecule has 7 nitrogen and oxygen atoms in total. The molecule has 0 atom stereocenters. The van der Waals surface area contributed by atoms with Gasteiger partial charge in [0.05, 0.1) is 13.7 Å². The molecule has 0 N–H and O–H groups in total. The van der Waals surface area contributed by atoms with Gasteiger partial charge in [0.1, 0.15) is 5.76 Å². The zero-order valence-electron chi connectivity index (χ0n) is 11.7. The summed E-state index contributed by atoms with van der Waals surface area (Å²) in [5.74, 6) is -0.296. The molecule has 0 amide bonds. The van der Waals surface area contributed by atoms with Gasteiger partial charge in [-0.25, -0.2) is 14.2 Å². The second-order valence-electron chi connectivity index (χ2n) is 4.48. The molecule has 7 heteroatoms. The van der Waals surface area contributed by atoms with Gasteiger partial charge in [0.2, 0.25) is 5.76 Å². The predicted octanol–water partition coefficient (Wildman–Crippen LogP) is 1.93. The highest BCUT2D eigenvalue weighted by molar-refractivity contribution is 5.86. The molecule has 0 aliphatic carbocycles. The number of hydrogen-bond acceptors (Lipinski definition) is 6. The van der Waals surface area contributed by atoms with Crippen LogP contribution in [0.25, 0.3) is 11.4 Å². The lowest BCUT2D eigenvalue weighted by Gasteiger charge is -2.02. The summed E-state index contributed by atoms with van der Waals surface area (Å²) in [6.07, 6.45) is 0. The van der Waals surface area contributed by atoms with E-state index < -0.39 is 11.7 Å². The smallest absolute Gasteiger partial charge is 0.442 e. The molecule has 1 aromatic carbocycles. The van der Waals surface area contributed by atoms with Crippen LogP contribution in [0.3, 0.4) is 0 Å². The van der Waals surface area contributed by atoms with Crippen molar-refractivity contribution in [3.05, 3.63) is 64.5 Å². The first-order chi connectivity index (χ1) is 10.7. The van der Waals surface area contributed by atoms with E-state index in [2.05, 4.69) is 9.89 Å². The molecule has 0 saturated heterocycles. The van der Waals surface area contributed by atoms with Crippen molar-refractivity contribution in [2.24, 2.45) is 0 Å². The normalized spacial score (nSPS) is 10.6. The Morgan fingerprint density at radius 3 is 2.73 bits per heavy atom. The Balaban J connectivity index is 1.93. The number of aromatic nitrogens is 2. The van der Waals surface area contributed by atoms with Crippen molar-refractivity contribution in [3.63, 3.8) is 0 Å². The lowest BCUT2D eigenvalue weighted by molar-refractivity contribution is 0.0563. The minimum atomic E-state index is -0.602. The second-order valence-corrected chi connectivity index (χ2v) is 4.48. The van der Waals surface area contributed by atoms with E-state index in [1.807, 2.05) is 30.3 Å². The van der Waals surface area contributed by atoms with Crippen LogP contribution in [0.15, 0.2) is 56.2 Å². The first-order valence-corrected chi connectivity index (χ1v) is 6.48. The molecule has 3 rings (SSSR count). The maximum Gasteiger partial charge on any atom is 0.442 e. The van der Waals surface area contributed by atoms with E-state index in [1.54, 1.807) is 6.07 Å². The number of rotatable bonds is 4. The number of nitrogens with zero attached hydrogens (tertiary/aromatic N) is 2. The zero-order valence-corrected chi connectivity index (χ0v) is 11.7. The molecule has 0 aliphatic rings. The zero-order chi connectivity index (χ0) is 15.5. The van der Waals surface area contributed by atoms with Crippen molar-refractivity contribution in [1.82, 2.24) is 9.72 Å². The van der Waals surface area contributed by atoms with Crippen LogP contribution in [0, 0.1) is 0 Å². The molecule has 0 aliphatic heterocycles. The van der Waals surface area contributed by atoms with Crippen molar-refractivity contribution in [2.45, 2.75) is 6.54 Å². The molecule has 0 fully saturated rings. The first-order valence-electron chi connectivity index (χ1n) is 6.48. The van der Waals surface area contributed by atoms with Crippen molar-refractivity contribution < 1.29 is 18.5 Å². The minimum absolute atomic E-state index is 0.0725. The third-order valence-corrected chi connectivity index (χ3v) is 3.08. The Hall–Kier alpha value is -3.09. The van der Waals surface area contributed by atoms with Gasteiger partial charge in [0, 0.05) is 5.56 Å². The molecule has 0 saturated carbocycles. The SMILES string of the molecule is COC(=O)c1ccc(Cn2c(-c3ccccc3)noc2=O)o1. The minimum Gasteiger partial charge on any atom is -0.463 e.